The van der Waals surface area contributed by atoms with Crippen molar-refractivity contribution < 1.29 is 14.4 Å². The number of hydrogen-bond donors (Lipinski definition) is 3. The number of benzene rings is 1. The minimum absolute atomic E-state index is 0. The number of pyridine rings is 1. The number of piperidine rings is 1. The quantitative estimate of drug-likeness (QED) is 0.361. The average molecular weight is 443 g/mol. The summed E-state index contributed by atoms with van der Waals surface area (Å²) in [4.78, 5) is 17.7. The molecule has 1 fully saturated rings. The number of amides is 1. The monoisotopic (exact) mass is 442 g/mol. The van der Waals surface area contributed by atoms with Crippen LogP contribution in [0.15, 0.2) is 48.7 Å². The molecule has 6 nitrogen and oxygen atoms in total. The van der Waals surface area contributed by atoms with E-state index in [-0.39, 0.29) is 30.6 Å². The molecule has 1 aromatic heterocycles. The number of aromatic nitrogens is 1. The zero-order valence-electron chi connectivity index (χ0n) is 15.8. The number of carbonyl (C=O) groups excluding carboxylic acids is 1. The number of halogens is 3. The summed E-state index contributed by atoms with van der Waals surface area (Å²) in [5.41, 5.74) is 3.45. The number of rotatable bonds is 6. The first-order chi connectivity index (χ1) is 13.1. The van der Waals surface area contributed by atoms with Crippen LogP contribution in [0.3, 0.4) is 0 Å². The van der Waals surface area contributed by atoms with Crippen LogP contribution in [-0.2, 0) is 11.3 Å². The van der Waals surface area contributed by atoms with Gasteiger partial charge in [0.1, 0.15) is 11.6 Å². The van der Waals surface area contributed by atoms with Gasteiger partial charge in [0.05, 0.1) is 0 Å². The van der Waals surface area contributed by atoms with Crippen LogP contribution in [-0.4, -0.2) is 40.1 Å². The lowest BCUT2D eigenvalue weighted by Gasteiger charge is -2.32. The lowest BCUT2D eigenvalue weighted by atomic mass is 10.0. The largest absolute Gasteiger partial charge is 0.367 e. The number of hydrogen-bond acceptors (Lipinski definition) is 5. The highest BCUT2D eigenvalue weighted by molar-refractivity contribution is 5.90. The second kappa shape index (κ2) is 12.4. The van der Waals surface area contributed by atoms with Crippen molar-refractivity contribution >= 4 is 42.6 Å². The van der Waals surface area contributed by atoms with Crippen LogP contribution in [0.25, 0.3) is 6.08 Å². The maximum atomic E-state index is 13.0. The van der Waals surface area contributed by atoms with Gasteiger partial charge in [0, 0.05) is 37.9 Å². The fourth-order valence-corrected chi connectivity index (χ4v) is 3.09. The highest BCUT2D eigenvalue weighted by Gasteiger charge is 2.19. The average Bonchev–Trinajstić information content (AvgIpc) is 2.70. The van der Waals surface area contributed by atoms with Gasteiger partial charge in [0.2, 0.25) is 0 Å². The van der Waals surface area contributed by atoms with Crippen LogP contribution >= 0.6 is 24.8 Å². The molecule has 1 aromatic carbocycles. The minimum atomic E-state index is -0.579. The predicted molar refractivity (Wildman–Crippen MR) is 116 cm³/mol. The molecular weight excluding hydrogens is 418 g/mol. The molecule has 1 amide bonds. The van der Waals surface area contributed by atoms with Gasteiger partial charge in [-0.25, -0.2) is 14.9 Å². The predicted octanol–water partition coefficient (Wildman–Crippen LogP) is 3.66. The Morgan fingerprint density at radius 2 is 1.86 bits per heavy atom. The van der Waals surface area contributed by atoms with Crippen LogP contribution in [0.2, 0.25) is 0 Å². The maximum Gasteiger partial charge on any atom is 0.267 e. The Morgan fingerprint density at radius 1 is 1.17 bits per heavy atom. The van der Waals surface area contributed by atoms with Crippen molar-refractivity contribution in [3.63, 3.8) is 0 Å². The third kappa shape index (κ3) is 7.98. The number of carbonyl (C=O) groups is 1. The summed E-state index contributed by atoms with van der Waals surface area (Å²) in [7, 11) is 0. The van der Waals surface area contributed by atoms with Gasteiger partial charge in [0.25, 0.3) is 5.91 Å². The summed E-state index contributed by atoms with van der Waals surface area (Å²) < 4.78 is 13.0. The van der Waals surface area contributed by atoms with Gasteiger partial charge in [-0.15, -0.1) is 24.8 Å². The van der Waals surface area contributed by atoms with Crippen LogP contribution in [0.4, 0.5) is 10.2 Å². The molecule has 0 aliphatic carbocycles. The van der Waals surface area contributed by atoms with Crippen molar-refractivity contribution in [2.24, 2.45) is 0 Å². The Morgan fingerprint density at radius 3 is 2.45 bits per heavy atom. The smallest absolute Gasteiger partial charge is 0.267 e. The zero-order valence-corrected chi connectivity index (χ0v) is 17.4. The normalized spacial score (nSPS) is 14.7. The van der Waals surface area contributed by atoms with Gasteiger partial charge in [-0.3, -0.25) is 14.9 Å². The molecule has 1 aliphatic rings. The van der Waals surface area contributed by atoms with E-state index in [1.807, 2.05) is 24.3 Å². The third-order valence-corrected chi connectivity index (χ3v) is 4.58. The fourth-order valence-electron chi connectivity index (χ4n) is 3.09. The number of nitrogens with zero attached hydrogens (tertiary/aromatic N) is 2. The fraction of sp³-hybridized carbons (Fsp3) is 0.300. The Kier molecular flexibility index (Phi) is 10.6. The molecule has 0 radical (unpaired) electrons. The van der Waals surface area contributed by atoms with E-state index in [1.54, 1.807) is 17.8 Å². The lowest BCUT2D eigenvalue weighted by molar-refractivity contribution is -0.124. The molecule has 0 unspecified atom stereocenters. The zero-order chi connectivity index (χ0) is 19.1. The highest BCUT2D eigenvalue weighted by Crippen LogP contribution is 2.18. The first-order valence-electron chi connectivity index (χ1n) is 8.94. The third-order valence-electron chi connectivity index (χ3n) is 4.58. The molecule has 158 valence electrons. The van der Waals surface area contributed by atoms with Gasteiger partial charge in [-0.2, -0.15) is 0 Å². The van der Waals surface area contributed by atoms with Gasteiger partial charge < -0.3 is 5.32 Å². The second-order valence-corrected chi connectivity index (χ2v) is 6.61. The van der Waals surface area contributed by atoms with Crippen molar-refractivity contribution in [2.75, 3.05) is 18.4 Å². The van der Waals surface area contributed by atoms with Crippen LogP contribution in [0.1, 0.15) is 24.0 Å². The molecule has 0 atom stereocenters. The van der Waals surface area contributed by atoms with Gasteiger partial charge in [-0.1, -0.05) is 12.1 Å². The summed E-state index contributed by atoms with van der Waals surface area (Å²) >= 11 is 0. The topological polar surface area (TPSA) is 77.5 Å². The summed E-state index contributed by atoms with van der Waals surface area (Å²) in [6.45, 7) is 2.80. The Bertz CT molecular complexity index is 780. The van der Waals surface area contributed by atoms with E-state index in [0.29, 0.717) is 6.04 Å². The van der Waals surface area contributed by atoms with Gasteiger partial charge >= 0.3 is 0 Å². The van der Waals surface area contributed by atoms with E-state index >= 15 is 0 Å². The van der Waals surface area contributed by atoms with Crippen LogP contribution < -0.4 is 10.8 Å². The van der Waals surface area contributed by atoms with E-state index in [4.69, 9.17) is 5.21 Å². The first-order valence-corrected chi connectivity index (χ1v) is 8.94. The summed E-state index contributed by atoms with van der Waals surface area (Å²) in [6.07, 6.45) is 6.52. The van der Waals surface area contributed by atoms with Gasteiger partial charge in [-0.05, 0) is 54.3 Å². The Labute approximate surface area is 182 Å². The maximum absolute atomic E-state index is 13.0. The summed E-state index contributed by atoms with van der Waals surface area (Å²) in [5.74, 6) is 0.0210. The minimum Gasteiger partial charge on any atom is -0.367 e. The number of nitrogens with one attached hydrogen (secondary N) is 2. The Balaban J connectivity index is 0.00000210. The first kappa shape index (κ1) is 24.8. The number of anilines is 1. The van der Waals surface area contributed by atoms with Crippen LogP contribution in [0, 0.1) is 5.82 Å². The van der Waals surface area contributed by atoms with Crippen molar-refractivity contribution in [3.8, 4) is 0 Å². The van der Waals surface area contributed by atoms with Gasteiger partial charge in [0.15, 0.2) is 0 Å². The SMILES string of the molecule is Cl.Cl.O=C(/C=C/c1ccc(NC2CCN(Cc3ccc(F)cc3)CC2)nc1)NO. The molecule has 3 N–H and O–H groups in total. The molecule has 3 rings (SSSR count). The molecule has 0 bridgehead atoms. The molecule has 29 heavy (non-hydrogen) atoms. The van der Waals surface area contributed by atoms with Crippen molar-refractivity contribution in [3.05, 3.63) is 65.6 Å². The Hall–Kier alpha value is -2.19. The van der Waals surface area contributed by atoms with E-state index in [9.17, 15) is 9.18 Å². The van der Waals surface area contributed by atoms with Crippen LogP contribution in [0.5, 0.6) is 0 Å². The van der Waals surface area contributed by atoms with E-state index in [0.717, 1.165) is 49.4 Å². The molecule has 2 heterocycles. The molecule has 2 aromatic rings. The molecular formula is C20H25Cl2FN4O2. The van der Waals surface area contributed by atoms with E-state index in [2.05, 4.69) is 15.2 Å². The highest BCUT2D eigenvalue weighted by atomic mass is 35.5. The summed E-state index contributed by atoms with van der Waals surface area (Å²) in [6, 6.07) is 10.8. The molecule has 0 spiro atoms. The number of hydroxylamine groups is 1. The molecule has 1 saturated heterocycles. The number of likely N-dealkylation sites (tertiary alicyclic amines) is 1. The van der Waals surface area contributed by atoms with E-state index < -0.39 is 5.91 Å². The molecule has 0 saturated carbocycles. The van der Waals surface area contributed by atoms with Crippen molar-refractivity contribution in [1.82, 2.24) is 15.4 Å². The standard InChI is InChI=1S/C20H23FN4O2.2ClH/c21-17-5-1-16(2-6-17)14-25-11-9-18(10-12-25)23-19-7-3-15(13-22-19)4-8-20(26)24-27;;/h1-8,13,18,27H,9-12,14H2,(H,22,23)(H,24,26);2*1H/b8-4+;;. The van der Waals surface area contributed by atoms with Crippen molar-refractivity contribution in [2.45, 2.75) is 25.4 Å². The summed E-state index contributed by atoms with van der Waals surface area (Å²) in [5, 5.41) is 11.9. The second-order valence-electron chi connectivity index (χ2n) is 6.61. The van der Waals surface area contributed by atoms with Crippen molar-refractivity contribution in [1.29, 1.82) is 0 Å². The molecule has 9 heteroatoms. The lowest BCUT2D eigenvalue weighted by Crippen LogP contribution is -2.38. The molecule has 1 aliphatic heterocycles. The van der Waals surface area contributed by atoms with E-state index in [1.165, 1.54) is 18.2 Å².